The molecule has 14 heavy (non-hydrogen) atoms. The molecule has 2 nitrogen and oxygen atoms in total. The van der Waals surface area contributed by atoms with Crippen LogP contribution < -0.4 is 0 Å². The van der Waals surface area contributed by atoms with Crippen molar-refractivity contribution in [2.75, 3.05) is 0 Å². The molecule has 0 saturated carbocycles. The Labute approximate surface area is 79.5 Å². The lowest BCUT2D eigenvalue weighted by Crippen LogP contribution is -2.09. The summed E-state index contributed by atoms with van der Waals surface area (Å²) in [6.07, 6.45) is -0.981. The average Bonchev–Trinajstić information content (AvgIpc) is 2.15. The second-order valence-corrected chi connectivity index (χ2v) is 2.85. The first kappa shape index (κ1) is 10.7. The molecule has 76 valence electrons. The fraction of sp³-hybridized carbons (Fsp3) is 0.333. The largest absolute Gasteiger partial charge is 0.434 e. The summed E-state index contributed by atoms with van der Waals surface area (Å²) in [5.74, 6) is -0.0928. The van der Waals surface area contributed by atoms with E-state index in [0.717, 1.165) is 12.4 Å². The summed E-state index contributed by atoms with van der Waals surface area (Å²) in [5.41, 5.74) is -0.495. The Morgan fingerprint density at radius 3 is 2.36 bits per heavy atom. The number of allylic oxidation sites excluding steroid dienone is 1. The zero-order chi connectivity index (χ0) is 10.8. The summed E-state index contributed by atoms with van der Waals surface area (Å²) in [6.45, 7) is 5.30. The second-order valence-electron chi connectivity index (χ2n) is 2.85. The van der Waals surface area contributed by atoms with Crippen LogP contribution >= 0.6 is 0 Å². The van der Waals surface area contributed by atoms with Gasteiger partial charge >= 0.3 is 6.18 Å². The third-order valence-electron chi connectivity index (χ3n) is 1.78. The standard InChI is InChI=1S/C9H9F3N2/c1-3-6(2)7-4-14-8(5-13-7)9(10,11)12/h3-6H,1H2,2H3/t6-/m1/s1. The molecular weight excluding hydrogens is 193 g/mol. The summed E-state index contributed by atoms with van der Waals surface area (Å²) in [7, 11) is 0. The Hall–Kier alpha value is -1.39. The maximum atomic E-state index is 12.1. The third-order valence-corrected chi connectivity index (χ3v) is 1.78. The van der Waals surface area contributed by atoms with Gasteiger partial charge in [0.15, 0.2) is 5.69 Å². The zero-order valence-electron chi connectivity index (χ0n) is 7.54. The van der Waals surface area contributed by atoms with Crippen LogP contribution in [0, 0.1) is 0 Å². The van der Waals surface area contributed by atoms with Crippen LogP contribution in [0.1, 0.15) is 24.2 Å². The molecule has 1 aromatic heterocycles. The summed E-state index contributed by atoms with van der Waals surface area (Å²) >= 11 is 0. The molecule has 0 radical (unpaired) electrons. The van der Waals surface area contributed by atoms with Crippen molar-refractivity contribution < 1.29 is 13.2 Å². The summed E-state index contributed by atoms with van der Waals surface area (Å²) < 4.78 is 36.2. The van der Waals surface area contributed by atoms with E-state index in [1.807, 2.05) is 0 Å². The van der Waals surface area contributed by atoms with Gasteiger partial charge in [-0.15, -0.1) is 6.58 Å². The minimum Gasteiger partial charge on any atom is -0.257 e. The van der Waals surface area contributed by atoms with Crippen molar-refractivity contribution in [2.24, 2.45) is 0 Å². The van der Waals surface area contributed by atoms with E-state index >= 15 is 0 Å². The average molecular weight is 202 g/mol. The summed E-state index contributed by atoms with van der Waals surface area (Å²) in [4.78, 5) is 6.95. The Balaban J connectivity index is 2.95. The van der Waals surface area contributed by atoms with Crippen molar-refractivity contribution >= 4 is 0 Å². The highest BCUT2D eigenvalue weighted by Gasteiger charge is 2.32. The molecule has 0 aromatic carbocycles. The Morgan fingerprint density at radius 2 is 2.00 bits per heavy atom. The first-order valence-corrected chi connectivity index (χ1v) is 3.97. The highest BCUT2D eigenvalue weighted by atomic mass is 19.4. The predicted octanol–water partition coefficient (Wildman–Crippen LogP) is 2.78. The molecule has 1 heterocycles. The van der Waals surface area contributed by atoms with Gasteiger partial charge in [-0.05, 0) is 0 Å². The first-order chi connectivity index (χ1) is 6.45. The van der Waals surface area contributed by atoms with Gasteiger partial charge in [0.2, 0.25) is 0 Å². The molecule has 1 rings (SSSR count). The van der Waals surface area contributed by atoms with Crippen LogP contribution in [-0.2, 0) is 6.18 Å². The summed E-state index contributed by atoms with van der Waals surface area (Å²) in [5, 5.41) is 0. The highest BCUT2D eigenvalue weighted by Crippen LogP contribution is 2.27. The number of nitrogens with zero attached hydrogens (tertiary/aromatic N) is 2. The van der Waals surface area contributed by atoms with Crippen molar-refractivity contribution in [2.45, 2.75) is 19.0 Å². The van der Waals surface area contributed by atoms with E-state index in [0.29, 0.717) is 5.69 Å². The van der Waals surface area contributed by atoms with Crippen LogP contribution in [0.5, 0.6) is 0 Å². The number of aromatic nitrogens is 2. The molecule has 5 heteroatoms. The second kappa shape index (κ2) is 3.77. The number of rotatable bonds is 2. The number of hydrogen-bond donors (Lipinski definition) is 0. The van der Waals surface area contributed by atoms with Crippen LogP contribution in [0.25, 0.3) is 0 Å². The molecule has 0 amide bonds. The van der Waals surface area contributed by atoms with Gasteiger partial charge < -0.3 is 0 Å². The predicted molar refractivity (Wildman–Crippen MR) is 45.6 cm³/mol. The molecule has 0 saturated heterocycles. The van der Waals surface area contributed by atoms with Gasteiger partial charge in [-0.25, -0.2) is 4.98 Å². The van der Waals surface area contributed by atoms with Gasteiger partial charge in [0.25, 0.3) is 0 Å². The number of alkyl halides is 3. The van der Waals surface area contributed by atoms with Crippen LogP contribution in [-0.4, -0.2) is 9.97 Å². The fourth-order valence-electron chi connectivity index (χ4n) is 0.840. The van der Waals surface area contributed by atoms with Gasteiger partial charge in [-0.1, -0.05) is 13.0 Å². The van der Waals surface area contributed by atoms with E-state index in [1.165, 1.54) is 0 Å². The van der Waals surface area contributed by atoms with Gasteiger partial charge in [0, 0.05) is 12.1 Å². The van der Waals surface area contributed by atoms with Crippen molar-refractivity contribution in [3.05, 3.63) is 36.4 Å². The maximum absolute atomic E-state index is 12.1. The minimum atomic E-state index is -4.43. The minimum absolute atomic E-state index is 0.0928. The molecule has 0 spiro atoms. The molecule has 0 aliphatic carbocycles. The lowest BCUT2D eigenvalue weighted by molar-refractivity contribution is -0.141. The molecule has 0 N–H and O–H groups in total. The summed E-state index contributed by atoms with van der Waals surface area (Å²) in [6, 6.07) is 0. The van der Waals surface area contributed by atoms with Crippen LogP contribution in [0.15, 0.2) is 25.0 Å². The highest BCUT2D eigenvalue weighted by molar-refractivity contribution is 5.12. The van der Waals surface area contributed by atoms with Crippen molar-refractivity contribution in [1.29, 1.82) is 0 Å². The van der Waals surface area contributed by atoms with Gasteiger partial charge in [-0.2, -0.15) is 13.2 Å². The van der Waals surface area contributed by atoms with Crippen LogP contribution in [0.3, 0.4) is 0 Å². The van der Waals surface area contributed by atoms with Gasteiger partial charge in [-0.3, -0.25) is 4.98 Å². The van der Waals surface area contributed by atoms with Crippen molar-refractivity contribution in [3.63, 3.8) is 0 Å². The monoisotopic (exact) mass is 202 g/mol. The fourth-order valence-corrected chi connectivity index (χ4v) is 0.840. The topological polar surface area (TPSA) is 25.8 Å². The van der Waals surface area contributed by atoms with Gasteiger partial charge in [0.05, 0.1) is 11.9 Å². The number of hydrogen-bond acceptors (Lipinski definition) is 2. The van der Waals surface area contributed by atoms with E-state index in [2.05, 4.69) is 16.5 Å². The Kier molecular flexibility index (Phi) is 2.88. The van der Waals surface area contributed by atoms with E-state index in [4.69, 9.17) is 0 Å². The lowest BCUT2D eigenvalue weighted by Gasteiger charge is -2.07. The Bertz CT molecular complexity index is 316. The van der Waals surface area contributed by atoms with Crippen LogP contribution in [0.4, 0.5) is 13.2 Å². The molecule has 0 fully saturated rings. The van der Waals surface area contributed by atoms with Crippen molar-refractivity contribution in [3.8, 4) is 0 Å². The zero-order valence-corrected chi connectivity index (χ0v) is 7.54. The van der Waals surface area contributed by atoms with Crippen LogP contribution in [0.2, 0.25) is 0 Å². The number of halogens is 3. The SMILES string of the molecule is C=C[C@@H](C)c1cnc(C(F)(F)F)cn1. The molecule has 0 bridgehead atoms. The van der Waals surface area contributed by atoms with E-state index in [-0.39, 0.29) is 5.92 Å². The Morgan fingerprint density at radius 1 is 1.36 bits per heavy atom. The maximum Gasteiger partial charge on any atom is 0.434 e. The third kappa shape index (κ3) is 2.31. The smallest absolute Gasteiger partial charge is 0.257 e. The molecule has 1 aromatic rings. The normalized spacial score (nSPS) is 13.7. The molecule has 0 unspecified atom stereocenters. The first-order valence-electron chi connectivity index (χ1n) is 3.97. The molecular formula is C9H9F3N2. The van der Waals surface area contributed by atoms with Gasteiger partial charge in [0.1, 0.15) is 0 Å². The van der Waals surface area contributed by atoms with E-state index in [1.54, 1.807) is 13.0 Å². The lowest BCUT2D eigenvalue weighted by atomic mass is 10.1. The van der Waals surface area contributed by atoms with Crippen molar-refractivity contribution in [1.82, 2.24) is 9.97 Å². The van der Waals surface area contributed by atoms with E-state index in [9.17, 15) is 13.2 Å². The molecule has 1 atom stereocenters. The quantitative estimate of drug-likeness (QED) is 0.689. The molecule has 0 aliphatic rings. The molecule has 0 aliphatic heterocycles. The van der Waals surface area contributed by atoms with E-state index < -0.39 is 11.9 Å².